The predicted octanol–water partition coefficient (Wildman–Crippen LogP) is 1.00. The van der Waals surface area contributed by atoms with Crippen LogP contribution < -0.4 is 16.2 Å². The minimum Gasteiger partial charge on any atom is -0.335 e. The maximum absolute atomic E-state index is 11.8. The van der Waals surface area contributed by atoms with E-state index in [1.54, 1.807) is 12.1 Å². The first-order valence-electron chi connectivity index (χ1n) is 4.80. The van der Waals surface area contributed by atoms with Crippen molar-refractivity contribution in [1.29, 1.82) is 0 Å². The molecule has 3 N–H and O–H groups in total. The van der Waals surface area contributed by atoms with Gasteiger partial charge < -0.3 is 5.32 Å². The number of hydrogen-bond donors (Lipinski definition) is 3. The molecule has 0 radical (unpaired) electrons. The average molecular weight is 270 g/mol. The lowest BCUT2D eigenvalue weighted by Crippen LogP contribution is -2.44. The molecule has 0 aromatic heterocycles. The zero-order chi connectivity index (χ0) is 10.7. The van der Waals surface area contributed by atoms with Crippen molar-refractivity contribution in [2.75, 3.05) is 6.54 Å². The van der Waals surface area contributed by atoms with E-state index >= 15 is 0 Å². The third kappa shape index (κ3) is 2.77. The van der Waals surface area contributed by atoms with Crippen LogP contribution in [0.2, 0.25) is 0 Å². The Morgan fingerprint density at radius 3 is 3.07 bits per heavy atom. The fourth-order valence-electron chi connectivity index (χ4n) is 1.46. The van der Waals surface area contributed by atoms with Gasteiger partial charge in [-0.3, -0.25) is 10.2 Å². The van der Waals surface area contributed by atoms with E-state index in [4.69, 9.17) is 0 Å². The smallest absolute Gasteiger partial charge is 0.252 e. The first kappa shape index (κ1) is 10.6. The van der Waals surface area contributed by atoms with Crippen molar-refractivity contribution in [3.63, 3.8) is 0 Å². The third-order valence-corrected chi connectivity index (χ3v) is 2.72. The highest BCUT2D eigenvalue weighted by Crippen LogP contribution is 2.11. The summed E-state index contributed by atoms with van der Waals surface area (Å²) in [5.41, 5.74) is 6.61. The molecule has 1 aromatic rings. The molecule has 0 spiro atoms. The van der Waals surface area contributed by atoms with Crippen LogP contribution in [0.5, 0.6) is 0 Å². The second-order valence-corrected chi connectivity index (χ2v) is 4.31. The van der Waals surface area contributed by atoms with E-state index < -0.39 is 0 Å². The van der Waals surface area contributed by atoms with E-state index in [0.29, 0.717) is 5.56 Å². The van der Waals surface area contributed by atoms with Crippen molar-refractivity contribution in [2.45, 2.75) is 12.6 Å². The summed E-state index contributed by atoms with van der Waals surface area (Å²) in [6.45, 7) is 0.878. The van der Waals surface area contributed by atoms with Crippen molar-refractivity contribution >= 4 is 21.8 Å². The molecule has 0 saturated carbocycles. The quantitative estimate of drug-likeness (QED) is 0.751. The van der Waals surface area contributed by atoms with E-state index in [-0.39, 0.29) is 12.1 Å². The van der Waals surface area contributed by atoms with Crippen molar-refractivity contribution in [1.82, 2.24) is 16.2 Å². The van der Waals surface area contributed by atoms with Crippen LogP contribution in [0.3, 0.4) is 0 Å². The summed E-state index contributed by atoms with van der Waals surface area (Å²) < 4.78 is 0.910. The molecule has 4 nitrogen and oxygen atoms in total. The summed E-state index contributed by atoms with van der Waals surface area (Å²) in [5, 5.41) is 2.89. The molecule has 1 heterocycles. The molecule has 1 atom stereocenters. The molecule has 5 heteroatoms. The lowest BCUT2D eigenvalue weighted by Gasteiger charge is -2.11. The number of amides is 1. The summed E-state index contributed by atoms with van der Waals surface area (Å²) in [5.74, 6) is -0.0579. The molecule has 15 heavy (non-hydrogen) atoms. The Bertz CT molecular complexity index is 363. The number of nitrogens with one attached hydrogen (secondary N) is 3. The van der Waals surface area contributed by atoms with Gasteiger partial charge in [0.1, 0.15) is 0 Å². The Kier molecular flexibility index (Phi) is 3.35. The fourth-order valence-corrected chi connectivity index (χ4v) is 1.86. The standard InChI is InChI=1S/C10H12BrN3O/c11-8-3-1-2-7(6-8)10(15)13-9-4-5-12-14-9/h1-3,6,9,12,14H,4-5H2,(H,13,15). The normalized spacial score (nSPS) is 20.2. The lowest BCUT2D eigenvalue weighted by molar-refractivity contribution is 0.0932. The van der Waals surface area contributed by atoms with Crippen molar-refractivity contribution in [3.8, 4) is 0 Å². The highest BCUT2D eigenvalue weighted by Gasteiger charge is 2.16. The molecular formula is C10H12BrN3O. The van der Waals surface area contributed by atoms with Crippen LogP contribution in [-0.2, 0) is 0 Å². The summed E-state index contributed by atoms with van der Waals surface area (Å²) in [6.07, 6.45) is 0.927. The largest absolute Gasteiger partial charge is 0.335 e. The molecule has 1 saturated heterocycles. The maximum Gasteiger partial charge on any atom is 0.252 e. The molecule has 1 amide bonds. The Balaban J connectivity index is 2.01. The summed E-state index contributed by atoms with van der Waals surface area (Å²) in [4.78, 5) is 11.8. The fraction of sp³-hybridized carbons (Fsp3) is 0.300. The molecule has 2 rings (SSSR count). The SMILES string of the molecule is O=C(NC1CCNN1)c1cccc(Br)c1. The van der Waals surface area contributed by atoms with Crippen LogP contribution in [0.1, 0.15) is 16.8 Å². The van der Waals surface area contributed by atoms with Gasteiger partial charge in [0.2, 0.25) is 0 Å². The molecule has 1 aliphatic heterocycles. The molecule has 1 unspecified atom stereocenters. The van der Waals surface area contributed by atoms with Crippen LogP contribution >= 0.6 is 15.9 Å². The van der Waals surface area contributed by atoms with Gasteiger partial charge in [-0.25, -0.2) is 5.43 Å². The molecular weight excluding hydrogens is 258 g/mol. The molecule has 80 valence electrons. The van der Waals surface area contributed by atoms with Gasteiger partial charge in [-0.15, -0.1) is 0 Å². The summed E-state index contributed by atoms with van der Waals surface area (Å²) >= 11 is 3.34. The van der Waals surface area contributed by atoms with Gasteiger partial charge in [-0.05, 0) is 24.6 Å². The van der Waals surface area contributed by atoms with Crippen LogP contribution in [0, 0.1) is 0 Å². The predicted molar refractivity (Wildman–Crippen MR) is 61.2 cm³/mol. The number of halogens is 1. The van der Waals surface area contributed by atoms with Gasteiger partial charge in [0, 0.05) is 16.6 Å². The first-order valence-corrected chi connectivity index (χ1v) is 5.60. The zero-order valence-corrected chi connectivity index (χ0v) is 9.67. The molecule has 1 aromatic carbocycles. The highest BCUT2D eigenvalue weighted by molar-refractivity contribution is 9.10. The van der Waals surface area contributed by atoms with E-state index in [1.807, 2.05) is 12.1 Å². The average Bonchev–Trinajstić information content (AvgIpc) is 2.70. The zero-order valence-electron chi connectivity index (χ0n) is 8.09. The van der Waals surface area contributed by atoms with Gasteiger partial charge in [-0.2, -0.15) is 0 Å². The highest BCUT2D eigenvalue weighted by atomic mass is 79.9. The van der Waals surface area contributed by atoms with Crippen LogP contribution in [0.15, 0.2) is 28.7 Å². The number of benzene rings is 1. The van der Waals surface area contributed by atoms with Crippen molar-refractivity contribution in [3.05, 3.63) is 34.3 Å². The monoisotopic (exact) mass is 269 g/mol. The Morgan fingerprint density at radius 2 is 2.40 bits per heavy atom. The van der Waals surface area contributed by atoms with E-state index in [9.17, 15) is 4.79 Å². The van der Waals surface area contributed by atoms with E-state index in [1.165, 1.54) is 0 Å². The maximum atomic E-state index is 11.8. The van der Waals surface area contributed by atoms with E-state index in [0.717, 1.165) is 17.4 Å². The number of carbonyl (C=O) groups excluding carboxylic acids is 1. The van der Waals surface area contributed by atoms with Crippen LogP contribution in [0.25, 0.3) is 0 Å². The number of hydrogen-bond acceptors (Lipinski definition) is 3. The molecule has 1 aliphatic rings. The number of carbonyl (C=O) groups is 1. The second-order valence-electron chi connectivity index (χ2n) is 3.40. The Morgan fingerprint density at radius 1 is 1.53 bits per heavy atom. The molecule has 0 aliphatic carbocycles. The van der Waals surface area contributed by atoms with Crippen molar-refractivity contribution < 1.29 is 4.79 Å². The molecule has 1 fully saturated rings. The summed E-state index contributed by atoms with van der Waals surface area (Å²) in [6, 6.07) is 7.34. The topological polar surface area (TPSA) is 53.2 Å². The second kappa shape index (κ2) is 4.74. The number of rotatable bonds is 2. The van der Waals surface area contributed by atoms with Gasteiger partial charge in [0.15, 0.2) is 0 Å². The Hall–Kier alpha value is -0.910. The van der Waals surface area contributed by atoms with Crippen molar-refractivity contribution in [2.24, 2.45) is 0 Å². The van der Waals surface area contributed by atoms with Gasteiger partial charge in [0.25, 0.3) is 5.91 Å². The Labute approximate surface area is 96.5 Å². The number of hydrazine groups is 1. The first-order chi connectivity index (χ1) is 7.25. The van der Waals surface area contributed by atoms with Gasteiger partial charge in [-0.1, -0.05) is 22.0 Å². The minimum absolute atomic E-state index is 0.0245. The van der Waals surface area contributed by atoms with Gasteiger partial charge in [0.05, 0.1) is 6.17 Å². The van der Waals surface area contributed by atoms with E-state index in [2.05, 4.69) is 32.1 Å². The van der Waals surface area contributed by atoms with Gasteiger partial charge >= 0.3 is 0 Å². The third-order valence-electron chi connectivity index (χ3n) is 2.23. The molecule has 0 bridgehead atoms. The van der Waals surface area contributed by atoms with Crippen LogP contribution in [0.4, 0.5) is 0 Å². The summed E-state index contributed by atoms with van der Waals surface area (Å²) in [7, 11) is 0. The minimum atomic E-state index is -0.0579. The lowest BCUT2D eigenvalue weighted by atomic mass is 10.2. The van der Waals surface area contributed by atoms with Crippen LogP contribution in [-0.4, -0.2) is 18.6 Å².